The van der Waals surface area contributed by atoms with Gasteiger partial charge < -0.3 is 38.8 Å². The molecule has 0 aromatic carbocycles. The lowest BCUT2D eigenvalue weighted by Crippen LogP contribution is -2.61. The molecule has 0 spiro atoms. The molecule has 4 rings (SSSR count). The number of rotatable bonds is 6. The third-order valence-electron chi connectivity index (χ3n) is 14.8. The van der Waals surface area contributed by atoms with E-state index in [1.54, 1.807) is 41.1 Å². The zero-order valence-corrected chi connectivity index (χ0v) is 41.2. The molecule has 15 atom stereocenters. The van der Waals surface area contributed by atoms with Gasteiger partial charge in [-0.15, -0.1) is 0 Å². The second kappa shape index (κ2) is 25.2. The quantitative estimate of drug-likeness (QED) is 0.153. The third-order valence-corrected chi connectivity index (χ3v) is 14.8. The van der Waals surface area contributed by atoms with Crippen molar-refractivity contribution in [2.24, 2.45) is 41.4 Å². The fourth-order valence-corrected chi connectivity index (χ4v) is 10.4. The molecule has 1 saturated carbocycles. The fraction of sp³-hybridized carbons (Fsp3) is 0.750. The van der Waals surface area contributed by atoms with Gasteiger partial charge in [0.25, 0.3) is 11.7 Å². The van der Waals surface area contributed by atoms with Gasteiger partial charge in [0.05, 0.1) is 18.3 Å². The van der Waals surface area contributed by atoms with Crippen molar-refractivity contribution in [3.8, 4) is 0 Å². The van der Waals surface area contributed by atoms with E-state index in [0.29, 0.717) is 56.4 Å². The summed E-state index contributed by atoms with van der Waals surface area (Å²) in [5, 5.41) is 23.4. The minimum Gasteiger partial charge on any atom is -0.460 e. The van der Waals surface area contributed by atoms with E-state index in [1.165, 1.54) is 12.0 Å². The Kier molecular flexibility index (Phi) is 21.0. The highest BCUT2D eigenvalue weighted by atomic mass is 16.6. The maximum atomic E-state index is 14.4. The van der Waals surface area contributed by atoms with Gasteiger partial charge in [0.2, 0.25) is 5.79 Å². The van der Waals surface area contributed by atoms with Crippen LogP contribution in [0.1, 0.15) is 132 Å². The van der Waals surface area contributed by atoms with Crippen LogP contribution in [-0.4, -0.2) is 121 Å². The molecule has 2 N–H and O–H groups in total. The average molecular weight is 912 g/mol. The highest BCUT2D eigenvalue weighted by molar-refractivity contribution is 6.39. The largest absolute Gasteiger partial charge is 0.460 e. The molecule has 0 radical (unpaired) electrons. The number of amides is 1. The van der Waals surface area contributed by atoms with Crippen molar-refractivity contribution in [1.82, 2.24) is 4.90 Å². The van der Waals surface area contributed by atoms with Crippen LogP contribution in [0.2, 0.25) is 0 Å². The standard InChI is InChI=1S/C52H81NO12/c1-31-17-13-12-14-18-32(2)44(62-10)29-40-23-21-38(8)52(60,65-40)49(57)50(58)53-24-16-15-19-41(53)51(59)64-45(35(5)27-39-22-20-33(3)43(28-39)61-9)30-42(54)34(4)26-37(7)47(56)48(63-11)46(55)36(6)25-31/h12-14,17-18,26,31,33-36,38-41,43-45,47-48,56,60H,15-16,19-25,27-30H2,1-11H3/b14-12+,17-13+,32-18+,37-26+/t31?,33-,34+,35+,36-,38?,39-,40-,41-,43+,44-,45-,47+,48-,52?/m0/s1. The first-order valence-electron chi connectivity index (χ1n) is 24.2. The molecule has 13 nitrogen and oxygen atoms in total. The van der Waals surface area contributed by atoms with E-state index in [4.69, 9.17) is 23.7 Å². The van der Waals surface area contributed by atoms with Crippen molar-refractivity contribution in [2.45, 2.75) is 181 Å². The Morgan fingerprint density at radius 2 is 1.57 bits per heavy atom. The van der Waals surface area contributed by atoms with Crippen molar-refractivity contribution < 1.29 is 57.9 Å². The van der Waals surface area contributed by atoms with Gasteiger partial charge in [-0.05, 0) is 113 Å². The number of hydrogen-bond donors (Lipinski definition) is 2. The van der Waals surface area contributed by atoms with E-state index in [0.717, 1.165) is 24.8 Å². The van der Waals surface area contributed by atoms with E-state index >= 15 is 0 Å². The summed E-state index contributed by atoms with van der Waals surface area (Å²) in [6, 6.07) is -1.11. The fourth-order valence-electron chi connectivity index (χ4n) is 10.4. The molecule has 13 heteroatoms. The normalized spacial score (nSPS) is 40.4. The smallest absolute Gasteiger partial charge is 0.329 e. The van der Waals surface area contributed by atoms with E-state index in [-0.39, 0.29) is 54.8 Å². The van der Waals surface area contributed by atoms with Gasteiger partial charge in [-0.2, -0.15) is 0 Å². The number of ether oxygens (including phenoxy) is 5. The first-order chi connectivity index (χ1) is 30.7. The van der Waals surface area contributed by atoms with Gasteiger partial charge in [0.1, 0.15) is 30.1 Å². The van der Waals surface area contributed by atoms with Crippen LogP contribution in [0.5, 0.6) is 0 Å². The number of fused-ring (bicyclic) bond motifs is 3. The molecule has 1 amide bonds. The molecule has 4 aliphatic rings. The molecule has 65 heavy (non-hydrogen) atoms. The minimum atomic E-state index is -2.41. The maximum Gasteiger partial charge on any atom is 0.329 e. The molecule has 3 fully saturated rings. The summed E-state index contributed by atoms with van der Waals surface area (Å²) in [6.45, 7) is 15.1. The molecule has 3 aliphatic heterocycles. The van der Waals surface area contributed by atoms with Crippen molar-refractivity contribution in [2.75, 3.05) is 27.9 Å². The summed E-state index contributed by atoms with van der Waals surface area (Å²) in [5.41, 5.74) is 1.30. The molecule has 1 aliphatic carbocycles. The summed E-state index contributed by atoms with van der Waals surface area (Å²) in [7, 11) is 4.70. The second-order valence-electron chi connectivity index (χ2n) is 20.0. The van der Waals surface area contributed by atoms with E-state index < -0.39 is 77.8 Å². The van der Waals surface area contributed by atoms with Gasteiger partial charge in [0.15, 0.2) is 5.78 Å². The van der Waals surface area contributed by atoms with Gasteiger partial charge in [-0.25, -0.2) is 4.79 Å². The summed E-state index contributed by atoms with van der Waals surface area (Å²) in [4.78, 5) is 71.9. The number of esters is 1. The Balaban J connectivity index is 1.70. The van der Waals surface area contributed by atoms with Gasteiger partial charge in [-0.1, -0.05) is 78.0 Å². The second-order valence-corrected chi connectivity index (χ2v) is 20.0. The molecule has 0 aromatic heterocycles. The molecular weight excluding hydrogens is 831 g/mol. The van der Waals surface area contributed by atoms with Crippen LogP contribution in [0, 0.1) is 41.4 Å². The molecule has 3 heterocycles. The zero-order valence-electron chi connectivity index (χ0n) is 41.2. The minimum absolute atomic E-state index is 0.0304. The number of Topliss-reactive ketones (excluding diaryl/α,β-unsaturated/α-hetero) is 3. The van der Waals surface area contributed by atoms with Crippen LogP contribution >= 0.6 is 0 Å². The van der Waals surface area contributed by atoms with Crippen molar-refractivity contribution in [3.05, 3.63) is 47.6 Å². The maximum absolute atomic E-state index is 14.4. The number of ketones is 3. The van der Waals surface area contributed by atoms with E-state index in [9.17, 15) is 34.2 Å². The number of aliphatic hydroxyl groups is 2. The van der Waals surface area contributed by atoms with Crippen LogP contribution in [-0.2, 0) is 47.7 Å². The lowest BCUT2D eigenvalue weighted by molar-refractivity contribution is -0.265. The van der Waals surface area contributed by atoms with Crippen LogP contribution in [0.3, 0.4) is 0 Å². The van der Waals surface area contributed by atoms with Crippen LogP contribution < -0.4 is 0 Å². The molecule has 0 aromatic rings. The first-order valence-corrected chi connectivity index (χ1v) is 24.2. The number of carbonyl (C=O) groups is 5. The van der Waals surface area contributed by atoms with E-state index in [2.05, 4.69) is 6.92 Å². The monoisotopic (exact) mass is 912 g/mol. The molecular formula is C52H81NO12. The topological polar surface area (TPSA) is 175 Å². The summed E-state index contributed by atoms with van der Waals surface area (Å²) in [6.07, 6.45) is 13.6. The molecule has 2 saturated heterocycles. The lowest BCUT2D eigenvalue weighted by atomic mass is 9.76. The van der Waals surface area contributed by atoms with Crippen molar-refractivity contribution in [3.63, 3.8) is 0 Å². The Morgan fingerprint density at radius 3 is 2.25 bits per heavy atom. The van der Waals surface area contributed by atoms with Crippen molar-refractivity contribution in [1.29, 1.82) is 0 Å². The number of nitrogens with zero attached hydrogens (tertiary/aromatic N) is 1. The van der Waals surface area contributed by atoms with Gasteiger partial charge in [-0.3, -0.25) is 19.2 Å². The highest BCUT2D eigenvalue weighted by Gasteiger charge is 2.53. The first kappa shape index (κ1) is 54.3. The SMILES string of the molecule is CO[C@H]1C[C@@H]2CCC(C)C(O)(O2)C(=O)C(=O)N2CCCC[C@H]2C(=O)O[C@H]([C@H](C)C[C@@H]2CC[C@H](C)[C@H](OC)C2)CC(=O)[C@H](C)/C=C(\C)[C@@H](O)[C@@H](OC)C(=O)[C@@H](C)CC(C)/C=C/C=C/C=C/1C. The number of piperidine rings is 1. The zero-order chi connectivity index (χ0) is 48.2. The Bertz CT molecular complexity index is 1750. The summed E-state index contributed by atoms with van der Waals surface area (Å²) >= 11 is 0. The van der Waals surface area contributed by atoms with Crippen LogP contribution in [0.15, 0.2) is 47.6 Å². The third kappa shape index (κ3) is 14.3. The van der Waals surface area contributed by atoms with Crippen LogP contribution in [0.25, 0.3) is 0 Å². The number of aliphatic hydroxyl groups excluding tert-OH is 1. The highest BCUT2D eigenvalue weighted by Crippen LogP contribution is 2.38. The summed E-state index contributed by atoms with van der Waals surface area (Å²) in [5.74, 6) is -7.07. The number of hydrogen-bond acceptors (Lipinski definition) is 12. The molecule has 2 bridgehead atoms. The average Bonchev–Trinajstić information content (AvgIpc) is 3.28. The number of methoxy groups -OCH3 is 3. The van der Waals surface area contributed by atoms with Crippen molar-refractivity contribution >= 4 is 29.2 Å². The molecule has 3 unspecified atom stereocenters. The predicted molar refractivity (Wildman–Crippen MR) is 248 cm³/mol. The Labute approximate surface area is 388 Å². The lowest BCUT2D eigenvalue weighted by Gasteiger charge is -2.42. The number of allylic oxidation sites excluding steroid dienone is 6. The number of carbonyl (C=O) groups excluding carboxylic acids is 5. The Hall–Kier alpha value is -3.33. The Morgan fingerprint density at radius 1 is 0.846 bits per heavy atom. The van der Waals surface area contributed by atoms with Gasteiger partial charge >= 0.3 is 5.97 Å². The van der Waals surface area contributed by atoms with Gasteiger partial charge in [0, 0.05) is 58.5 Å². The van der Waals surface area contributed by atoms with E-state index in [1.807, 2.05) is 58.1 Å². The molecule has 366 valence electrons. The van der Waals surface area contributed by atoms with Crippen LogP contribution in [0.4, 0.5) is 0 Å². The predicted octanol–water partition coefficient (Wildman–Crippen LogP) is 7.46. The summed E-state index contributed by atoms with van der Waals surface area (Å²) < 4.78 is 29.7. The number of cyclic esters (lactones) is 1.